The molecule has 0 aliphatic carbocycles. The number of imidazole rings is 1. The minimum Gasteiger partial charge on any atom is -0.346 e. The lowest BCUT2D eigenvalue weighted by molar-refractivity contribution is 0.0951. The molecule has 0 spiro atoms. The number of nitrogens with zero attached hydrogens (tertiary/aromatic N) is 3. The molecule has 0 saturated carbocycles. The second-order valence-electron chi connectivity index (χ2n) is 4.82. The van der Waals surface area contributed by atoms with Gasteiger partial charge in [-0.25, -0.2) is 4.98 Å². The van der Waals surface area contributed by atoms with Gasteiger partial charge in [0.1, 0.15) is 5.82 Å². The van der Waals surface area contributed by atoms with E-state index in [4.69, 9.17) is 0 Å². The summed E-state index contributed by atoms with van der Waals surface area (Å²) in [6.45, 7) is 2.20. The number of rotatable bonds is 4. The Labute approximate surface area is 127 Å². The van der Waals surface area contributed by atoms with Gasteiger partial charge >= 0.3 is 0 Å². The third kappa shape index (κ3) is 3.01. The first-order valence-electron chi connectivity index (χ1n) is 6.88. The molecular weight excluding hydrogens is 278 g/mol. The number of aryl methyl sites for hydroxylation is 1. The monoisotopic (exact) mass is 293 g/mol. The molecule has 0 saturated heterocycles. The molecule has 3 rings (SSSR count). The number of benzene rings is 1. The van der Waals surface area contributed by atoms with Crippen LogP contribution in [0.5, 0.6) is 0 Å². The molecule has 22 heavy (non-hydrogen) atoms. The van der Waals surface area contributed by atoms with E-state index in [-0.39, 0.29) is 5.91 Å². The minimum absolute atomic E-state index is 0.172. The SMILES string of the molecule is Cc1cnc(CNC(=O)c2ccccc2-c2ncc[nH]2)cn1. The van der Waals surface area contributed by atoms with Gasteiger partial charge in [0.05, 0.1) is 29.7 Å². The predicted molar refractivity (Wildman–Crippen MR) is 82.0 cm³/mol. The van der Waals surface area contributed by atoms with Gasteiger partial charge in [0, 0.05) is 24.2 Å². The maximum atomic E-state index is 12.4. The summed E-state index contributed by atoms with van der Waals surface area (Å²) in [6, 6.07) is 7.33. The topological polar surface area (TPSA) is 83.6 Å². The van der Waals surface area contributed by atoms with Crippen molar-refractivity contribution in [3.8, 4) is 11.4 Å². The summed E-state index contributed by atoms with van der Waals surface area (Å²) < 4.78 is 0. The fourth-order valence-electron chi connectivity index (χ4n) is 2.08. The molecule has 1 amide bonds. The number of nitrogens with one attached hydrogen (secondary N) is 2. The van der Waals surface area contributed by atoms with Gasteiger partial charge in [0.15, 0.2) is 0 Å². The van der Waals surface area contributed by atoms with Crippen molar-refractivity contribution in [1.82, 2.24) is 25.3 Å². The summed E-state index contributed by atoms with van der Waals surface area (Å²) in [7, 11) is 0. The second kappa shape index (κ2) is 6.17. The average Bonchev–Trinajstić information content (AvgIpc) is 3.08. The Hall–Kier alpha value is -3.02. The molecule has 1 aromatic carbocycles. The number of carbonyl (C=O) groups excluding carboxylic acids is 1. The highest BCUT2D eigenvalue weighted by molar-refractivity contribution is 6.00. The van der Waals surface area contributed by atoms with Crippen LogP contribution in [0, 0.1) is 6.92 Å². The van der Waals surface area contributed by atoms with Crippen molar-refractivity contribution in [2.75, 3.05) is 0 Å². The van der Waals surface area contributed by atoms with Gasteiger partial charge in [-0.3, -0.25) is 14.8 Å². The molecule has 0 fully saturated rings. The maximum Gasteiger partial charge on any atom is 0.252 e. The molecule has 2 aromatic heterocycles. The summed E-state index contributed by atoms with van der Waals surface area (Å²) in [5, 5.41) is 2.85. The molecule has 6 heteroatoms. The zero-order chi connectivity index (χ0) is 15.4. The molecule has 2 heterocycles. The molecular formula is C16H15N5O. The first-order chi connectivity index (χ1) is 10.7. The Kier molecular flexibility index (Phi) is 3.91. The Morgan fingerprint density at radius 3 is 2.77 bits per heavy atom. The van der Waals surface area contributed by atoms with Crippen LogP contribution in [0.3, 0.4) is 0 Å². The van der Waals surface area contributed by atoms with E-state index in [2.05, 4.69) is 25.3 Å². The van der Waals surface area contributed by atoms with Gasteiger partial charge in [-0.2, -0.15) is 0 Å². The van der Waals surface area contributed by atoms with Crippen LogP contribution in [0.15, 0.2) is 49.1 Å². The van der Waals surface area contributed by atoms with Gasteiger partial charge in [0.2, 0.25) is 0 Å². The smallest absolute Gasteiger partial charge is 0.252 e. The third-order valence-corrected chi connectivity index (χ3v) is 3.19. The van der Waals surface area contributed by atoms with Crippen LogP contribution in [0.1, 0.15) is 21.7 Å². The lowest BCUT2D eigenvalue weighted by atomic mass is 10.1. The van der Waals surface area contributed by atoms with Gasteiger partial charge in [-0.1, -0.05) is 18.2 Å². The minimum atomic E-state index is -0.172. The zero-order valence-corrected chi connectivity index (χ0v) is 12.1. The van der Waals surface area contributed by atoms with Gasteiger partial charge < -0.3 is 10.3 Å². The Balaban J connectivity index is 1.77. The number of hydrogen-bond acceptors (Lipinski definition) is 4. The van der Waals surface area contributed by atoms with Crippen molar-refractivity contribution >= 4 is 5.91 Å². The average molecular weight is 293 g/mol. The third-order valence-electron chi connectivity index (χ3n) is 3.19. The van der Waals surface area contributed by atoms with Crippen molar-refractivity contribution in [2.24, 2.45) is 0 Å². The Morgan fingerprint density at radius 2 is 2.05 bits per heavy atom. The lowest BCUT2D eigenvalue weighted by Crippen LogP contribution is -2.24. The molecule has 2 N–H and O–H groups in total. The van der Waals surface area contributed by atoms with E-state index in [9.17, 15) is 4.79 Å². The van der Waals surface area contributed by atoms with Crippen molar-refractivity contribution in [3.05, 3.63) is 66.0 Å². The Bertz CT molecular complexity index is 765. The molecule has 0 aliphatic heterocycles. The number of carbonyl (C=O) groups is 1. The highest BCUT2D eigenvalue weighted by atomic mass is 16.1. The highest BCUT2D eigenvalue weighted by Crippen LogP contribution is 2.19. The fraction of sp³-hybridized carbons (Fsp3) is 0.125. The molecule has 0 aliphatic rings. The Morgan fingerprint density at radius 1 is 1.18 bits per heavy atom. The van der Waals surface area contributed by atoms with Crippen LogP contribution in [-0.2, 0) is 6.54 Å². The maximum absolute atomic E-state index is 12.4. The van der Waals surface area contributed by atoms with Gasteiger partial charge in [-0.15, -0.1) is 0 Å². The summed E-state index contributed by atoms with van der Waals surface area (Å²) in [5.74, 6) is 0.496. The first-order valence-corrected chi connectivity index (χ1v) is 6.88. The summed E-state index contributed by atoms with van der Waals surface area (Å²) in [6.07, 6.45) is 6.73. The number of aromatic nitrogens is 4. The van der Waals surface area contributed by atoms with Crippen molar-refractivity contribution < 1.29 is 4.79 Å². The molecule has 6 nitrogen and oxygen atoms in total. The van der Waals surface area contributed by atoms with Crippen molar-refractivity contribution in [2.45, 2.75) is 13.5 Å². The summed E-state index contributed by atoms with van der Waals surface area (Å²) >= 11 is 0. The van der Waals surface area contributed by atoms with Crippen LogP contribution in [0.2, 0.25) is 0 Å². The van der Waals surface area contributed by atoms with E-state index in [1.54, 1.807) is 30.9 Å². The van der Waals surface area contributed by atoms with E-state index in [0.717, 1.165) is 17.0 Å². The quantitative estimate of drug-likeness (QED) is 0.771. The standard InChI is InChI=1S/C16H15N5O/c1-11-8-20-12(9-19-11)10-21-16(22)14-5-3-2-4-13(14)15-17-6-7-18-15/h2-9H,10H2,1H3,(H,17,18)(H,21,22). The molecule has 3 aromatic rings. The number of aromatic amines is 1. The molecule has 0 unspecified atom stereocenters. The number of H-pyrrole nitrogens is 1. The summed E-state index contributed by atoms with van der Waals surface area (Å²) in [4.78, 5) is 28.0. The van der Waals surface area contributed by atoms with Crippen LogP contribution < -0.4 is 5.32 Å². The van der Waals surface area contributed by atoms with Crippen LogP contribution in [-0.4, -0.2) is 25.8 Å². The normalized spacial score (nSPS) is 10.4. The van der Waals surface area contributed by atoms with E-state index in [1.807, 2.05) is 25.1 Å². The van der Waals surface area contributed by atoms with Crippen molar-refractivity contribution in [1.29, 1.82) is 0 Å². The molecule has 110 valence electrons. The zero-order valence-electron chi connectivity index (χ0n) is 12.1. The molecule has 0 bridgehead atoms. The van der Waals surface area contributed by atoms with Crippen LogP contribution in [0.4, 0.5) is 0 Å². The highest BCUT2D eigenvalue weighted by Gasteiger charge is 2.13. The lowest BCUT2D eigenvalue weighted by Gasteiger charge is -2.08. The van der Waals surface area contributed by atoms with E-state index >= 15 is 0 Å². The van der Waals surface area contributed by atoms with Crippen LogP contribution >= 0.6 is 0 Å². The van der Waals surface area contributed by atoms with Gasteiger partial charge in [-0.05, 0) is 13.0 Å². The van der Waals surface area contributed by atoms with Gasteiger partial charge in [0.25, 0.3) is 5.91 Å². The molecule has 0 atom stereocenters. The molecule has 0 radical (unpaired) electrons. The second-order valence-corrected chi connectivity index (χ2v) is 4.82. The van der Waals surface area contributed by atoms with E-state index in [1.165, 1.54) is 0 Å². The van der Waals surface area contributed by atoms with E-state index < -0.39 is 0 Å². The number of hydrogen-bond donors (Lipinski definition) is 2. The first kappa shape index (κ1) is 13.9. The fourth-order valence-corrected chi connectivity index (χ4v) is 2.08. The predicted octanol–water partition coefficient (Wildman–Crippen LogP) is 2.11. The van der Waals surface area contributed by atoms with Crippen LogP contribution in [0.25, 0.3) is 11.4 Å². The van der Waals surface area contributed by atoms with Crippen molar-refractivity contribution in [3.63, 3.8) is 0 Å². The largest absolute Gasteiger partial charge is 0.346 e. The number of amides is 1. The summed E-state index contributed by atoms with van der Waals surface area (Å²) in [5.41, 5.74) is 2.89. The van der Waals surface area contributed by atoms with E-state index in [0.29, 0.717) is 17.9 Å².